The zero-order chi connectivity index (χ0) is 19.4. The van der Waals surface area contributed by atoms with E-state index in [0.29, 0.717) is 17.2 Å². The summed E-state index contributed by atoms with van der Waals surface area (Å²) in [5.41, 5.74) is 3.33. The summed E-state index contributed by atoms with van der Waals surface area (Å²) in [7, 11) is 3.21. The number of amidine groups is 1. The van der Waals surface area contributed by atoms with E-state index < -0.39 is 0 Å². The third kappa shape index (κ3) is 4.03. The van der Waals surface area contributed by atoms with Crippen LogP contribution in [0, 0.1) is 0 Å². The molecule has 2 aromatic rings. The SMILES string of the molecule is C=CC(=O)Nc1ccc(NC2=NC(C)Nc3cc(OC)c(OC)cc32)cc1. The quantitative estimate of drug-likeness (QED) is 0.706. The van der Waals surface area contributed by atoms with Crippen molar-refractivity contribution < 1.29 is 14.3 Å². The summed E-state index contributed by atoms with van der Waals surface area (Å²) >= 11 is 0. The van der Waals surface area contributed by atoms with E-state index in [1.807, 2.05) is 43.3 Å². The van der Waals surface area contributed by atoms with Crippen LogP contribution in [-0.4, -0.2) is 32.1 Å². The summed E-state index contributed by atoms with van der Waals surface area (Å²) in [6.45, 7) is 5.41. The van der Waals surface area contributed by atoms with Gasteiger partial charge in [0.15, 0.2) is 11.5 Å². The number of hydrogen-bond acceptors (Lipinski definition) is 6. The molecule has 140 valence electrons. The lowest BCUT2D eigenvalue weighted by Gasteiger charge is -2.25. The summed E-state index contributed by atoms with van der Waals surface area (Å²) in [5, 5.41) is 9.37. The molecule has 1 amide bonds. The minimum atomic E-state index is -0.248. The molecular weight excluding hydrogens is 344 g/mol. The first-order chi connectivity index (χ1) is 13.0. The van der Waals surface area contributed by atoms with Crippen molar-refractivity contribution in [3.8, 4) is 11.5 Å². The lowest BCUT2D eigenvalue weighted by molar-refractivity contribution is -0.111. The number of methoxy groups -OCH3 is 2. The van der Waals surface area contributed by atoms with Gasteiger partial charge in [0.25, 0.3) is 0 Å². The van der Waals surface area contributed by atoms with Gasteiger partial charge < -0.3 is 25.4 Å². The van der Waals surface area contributed by atoms with E-state index in [1.54, 1.807) is 14.2 Å². The molecule has 0 radical (unpaired) electrons. The number of hydrogen-bond donors (Lipinski definition) is 3. The fourth-order valence-electron chi connectivity index (χ4n) is 2.78. The second-order valence-corrected chi connectivity index (χ2v) is 5.95. The minimum Gasteiger partial charge on any atom is -0.493 e. The monoisotopic (exact) mass is 366 g/mol. The molecule has 3 rings (SSSR count). The molecule has 1 atom stereocenters. The van der Waals surface area contributed by atoms with Crippen LogP contribution in [0.15, 0.2) is 54.0 Å². The number of rotatable bonds is 5. The molecule has 0 saturated heterocycles. The molecule has 1 aliphatic heterocycles. The van der Waals surface area contributed by atoms with Gasteiger partial charge in [-0.1, -0.05) is 6.58 Å². The van der Waals surface area contributed by atoms with E-state index in [0.717, 1.165) is 22.8 Å². The van der Waals surface area contributed by atoms with Crippen LogP contribution in [0.5, 0.6) is 11.5 Å². The van der Waals surface area contributed by atoms with E-state index >= 15 is 0 Å². The topological polar surface area (TPSA) is 84.0 Å². The molecule has 0 bridgehead atoms. The van der Waals surface area contributed by atoms with Gasteiger partial charge in [-0.15, -0.1) is 0 Å². The zero-order valence-corrected chi connectivity index (χ0v) is 15.5. The fourth-order valence-corrected chi connectivity index (χ4v) is 2.78. The maximum absolute atomic E-state index is 11.4. The molecule has 0 aromatic heterocycles. The summed E-state index contributed by atoms with van der Waals surface area (Å²) in [6.07, 6.45) is 1.14. The number of carbonyl (C=O) groups excluding carboxylic acids is 1. The highest BCUT2D eigenvalue weighted by Gasteiger charge is 2.21. The van der Waals surface area contributed by atoms with E-state index in [1.165, 1.54) is 6.08 Å². The molecule has 7 nitrogen and oxygen atoms in total. The van der Waals surface area contributed by atoms with Crippen molar-refractivity contribution in [2.24, 2.45) is 4.99 Å². The van der Waals surface area contributed by atoms with Crippen LogP contribution >= 0.6 is 0 Å². The Balaban J connectivity index is 1.87. The fraction of sp³-hybridized carbons (Fsp3) is 0.200. The molecule has 1 unspecified atom stereocenters. The lowest BCUT2D eigenvalue weighted by Crippen LogP contribution is -2.27. The number of anilines is 3. The summed E-state index contributed by atoms with van der Waals surface area (Å²) in [6, 6.07) is 11.1. The normalized spacial score (nSPS) is 14.9. The lowest BCUT2D eigenvalue weighted by atomic mass is 10.1. The Hall–Kier alpha value is -3.48. The van der Waals surface area contributed by atoms with Gasteiger partial charge in [-0.3, -0.25) is 4.79 Å². The Labute approximate surface area is 158 Å². The van der Waals surface area contributed by atoms with Crippen LogP contribution < -0.4 is 25.4 Å². The Bertz CT molecular complexity index is 891. The molecule has 2 aromatic carbocycles. The first-order valence-corrected chi connectivity index (χ1v) is 8.45. The molecule has 27 heavy (non-hydrogen) atoms. The predicted octanol–water partition coefficient (Wildman–Crippen LogP) is 3.46. The number of nitrogens with zero attached hydrogens (tertiary/aromatic N) is 1. The molecule has 3 N–H and O–H groups in total. The average molecular weight is 366 g/mol. The zero-order valence-electron chi connectivity index (χ0n) is 15.5. The van der Waals surface area contributed by atoms with Crippen LogP contribution in [0.2, 0.25) is 0 Å². The molecule has 1 heterocycles. The Morgan fingerprint density at radius 2 is 1.78 bits per heavy atom. The van der Waals surface area contributed by atoms with Crippen molar-refractivity contribution in [1.29, 1.82) is 0 Å². The number of fused-ring (bicyclic) bond motifs is 1. The van der Waals surface area contributed by atoms with Crippen molar-refractivity contribution in [3.63, 3.8) is 0 Å². The molecule has 7 heteroatoms. The Morgan fingerprint density at radius 1 is 1.15 bits per heavy atom. The summed E-state index contributed by atoms with van der Waals surface area (Å²) in [4.78, 5) is 16.0. The van der Waals surface area contributed by atoms with Gasteiger partial charge in [0.2, 0.25) is 5.91 Å². The van der Waals surface area contributed by atoms with E-state index in [2.05, 4.69) is 27.5 Å². The van der Waals surface area contributed by atoms with E-state index in [4.69, 9.17) is 9.47 Å². The standard InChI is InChI=1S/C20H22N4O3/c1-5-19(25)23-13-6-8-14(9-7-13)24-20-15-10-17(26-3)18(27-4)11-16(15)21-12(2)22-20/h5-12,21H,1H2,2-4H3,(H,22,24)(H,23,25). The highest BCUT2D eigenvalue weighted by atomic mass is 16.5. The van der Waals surface area contributed by atoms with Crippen LogP contribution in [-0.2, 0) is 4.79 Å². The van der Waals surface area contributed by atoms with Gasteiger partial charge in [-0.25, -0.2) is 4.99 Å². The third-order valence-corrected chi connectivity index (χ3v) is 4.07. The van der Waals surface area contributed by atoms with Gasteiger partial charge in [0.05, 0.1) is 19.9 Å². The van der Waals surface area contributed by atoms with Crippen molar-refractivity contribution in [2.45, 2.75) is 13.1 Å². The average Bonchev–Trinajstić information content (AvgIpc) is 2.68. The second kappa shape index (κ2) is 7.82. The minimum absolute atomic E-state index is 0.0933. The second-order valence-electron chi connectivity index (χ2n) is 5.95. The van der Waals surface area contributed by atoms with Crippen molar-refractivity contribution >= 4 is 28.8 Å². The van der Waals surface area contributed by atoms with Gasteiger partial charge >= 0.3 is 0 Å². The molecule has 0 spiro atoms. The molecule has 0 fully saturated rings. The third-order valence-electron chi connectivity index (χ3n) is 4.07. The van der Waals surface area contributed by atoms with Gasteiger partial charge in [0.1, 0.15) is 12.0 Å². The van der Waals surface area contributed by atoms with Crippen LogP contribution in [0.1, 0.15) is 12.5 Å². The largest absolute Gasteiger partial charge is 0.493 e. The number of aliphatic imine (C=N–C) groups is 1. The van der Waals surface area contributed by atoms with Crippen molar-refractivity contribution in [3.05, 3.63) is 54.6 Å². The maximum atomic E-state index is 11.4. The Kier molecular flexibility index (Phi) is 5.30. The first kappa shape index (κ1) is 18.3. The predicted molar refractivity (Wildman–Crippen MR) is 108 cm³/mol. The van der Waals surface area contributed by atoms with Gasteiger partial charge in [-0.2, -0.15) is 0 Å². The van der Waals surface area contributed by atoms with Gasteiger partial charge in [0, 0.05) is 23.0 Å². The smallest absolute Gasteiger partial charge is 0.247 e. The highest BCUT2D eigenvalue weighted by molar-refractivity contribution is 6.13. The van der Waals surface area contributed by atoms with E-state index in [9.17, 15) is 4.79 Å². The highest BCUT2D eigenvalue weighted by Crippen LogP contribution is 2.35. The van der Waals surface area contributed by atoms with E-state index in [-0.39, 0.29) is 12.1 Å². The van der Waals surface area contributed by atoms with Crippen LogP contribution in [0.25, 0.3) is 0 Å². The number of carbonyl (C=O) groups is 1. The summed E-state index contributed by atoms with van der Waals surface area (Å²) in [5.74, 6) is 1.76. The maximum Gasteiger partial charge on any atom is 0.247 e. The van der Waals surface area contributed by atoms with Crippen LogP contribution in [0.4, 0.5) is 17.1 Å². The molecule has 1 aliphatic rings. The van der Waals surface area contributed by atoms with Gasteiger partial charge in [-0.05, 0) is 43.3 Å². The number of benzene rings is 2. The number of nitrogens with one attached hydrogen (secondary N) is 3. The molecule has 0 saturated carbocycles. The Morgan fingerprint density at radius 3 is 2.41 bits per heavy atom. The van der Waals surface area contributed by atoms with Crippen molar-refractivity contribution in [2.75, 3.05) is 30.2 Å². The number of amides is 1. The molecular formula is C20H22N4O3. The molecule has 0 aliphatic carbocycles. The summed E-state index contributed by atoms with van der Waals surface area (Å²) < 4.78 is 10.8. The first-order valence-electron chi connectivity index (χ1n) is 8.45. The number of ether oxygens (including phenoxy) is 2. The van der Waals surface area contributed by atoms with Crippen LogP contribution in [0.3, 0.4) is 0 Å². The van der Waals surface area contributed by atoms with Crippen molar-refractivity contribution in [1.82, 2.24) is 0 Å².